The first kappa shape index (κ1) is 20.6. The first-order chi connectivity index (χ1) is 13.5. The van der Waals surface area contributed by atoms with Crippen molar-refractivity contribution in [1.29, 1.82) is 0 Å². The van der Waals surface area contributed by atoms with Crippen molar-refractivity contribution in [2.45, 2.75) is 65.0 Å². The van der Waals surface area contributed by atoms with E-state index < -0.39 is 0 Å². The lowest BCUT2D eigenvalue weighted by atomic mass is 10.00. The molecule has 28 heavy (non-hydrogen) atoms. The molecule has 3 rings (SSSR count). The van der Waals surface area contributed by atoms with Gasteiger partial charge in [0.05, 0.1) is 0 Å². The lowest BCUT2D eigenvalue weighted by Gasteiger charge is -2.32. The summed E-state index contributed by atoms with van der Waals surface area (Å²) in [5, 5.41) is 3.25. The number of likely N-dealkylation sites (tertiary alicyclic amines) is 1. The van der Waals surface area contributed by atoms with Gasteiger partial charge < -0.3 is 5.32 Å². The number of aryl methyl sites for hydroxylation is 2. The molecular formula is C25H34N2O. The van der Waals surface area contributed by atoms with Crippen LogP contribution in [-0.2, 0) is 17.8 Å². The fourth-order valence-corrected chi connectivity index (χ4v) is 3.93. The fraction of sp³-hybridized carbons (Fsp3) is 0.480. The third-order valence-electron chi connectivity index (χ3n) is 5.73. The Morgan fingerprint density at radius 2 is 1.79 bits per heavy atom. The zero-order valence-corrected chi connectivity index (χ0v) is 17.6. The monoisotopic (exact) mass is 378 g/mol. The van der Waals surface area contributed by atoms with E-state index in [9.17, 15) is 4.79 Å². The van der Waals surface area contributed by atoms with Gasteiger partial charge in [-0.15, -0.1) is 0 Å². The number of amides is 1. The Kier molecular flexibility index (Phi) is 7.27. The SMILES string of the molecule is Cc1cccc(CN2CCC(NC(=O)CCc3ccc(C(C)C)cc3)CC2)c1. The molecule has 0 saturated carbocycles. The fourth-order valence-electron chi connectivity index (χ4n) is 3.93. The molecule has 1 amide bonds. The van der Waals surface area contributed by atoms with E-state index in [0.29, 0.717) is 18.4 Å². The van der Waals surface area contributed by atoms with Crippen LogP contribution in [0.25, 0.3) is 0 Å². The summed E-state index contributed by atoms with van der Waals surface area (Å²) in [6.07, 6.45) is 3.47. The highest BCUT2D eigenvalue weighted by Gasteiger charge is 2.20. The second-order valence-corrected chi connectivity index (χ2v) is 8.50. The highest BCUT2D eigenvalue weighted by Crippen LogP contribution is 2.17. The minimum atomic E-state index is 0.185. The molecule has 1 aliphatic heterocycles. The Labute approximate surface area is 170 Å². The molecule has 0 aromatic heterocycles. The maximum atomic E-state index is 12.3. The van der Waals surface area contributed by atoms with Crippen molar-refractivity contribution in [3.8, 4) is 0 Å². The summed E-state index contributed by atoms with van der Waals surface area (Å²) in [7, 11) is 0. The molecule has 0 atom stereocenters. The predicted molar refractivity (Wildman–Crippen MR) is 116 cm³/mol. The van der Waals surface area contributed by atoms with Crippen LogP contribution in [0.4, 0.5) is 0 Å². The Morgan fingerprint density at radius 1 is 1.07 bits per heavy atom. The van der Waals surface area contributed by atoms with Crippen LogP contribution in [0.15, 0.2) is 48.5 Å². The van der Waals surface area contributed by atoms with Crippen molar-refractivity contribution in [3.05, 3.63) is 70.8 Å². The summed E-state index contributed by atoms with van der Waals surface area (Å²) in [5.74, 6) is 0.735. The van der Waals surface area contributed by atoms with Crippen LogP contribution in [0, 0.1) is 6.92 Å². The number of hydrogen-bond donors (Lipinski definition) is 1. The van der Waals surface area contributed by atoms with E-state index in [1.807, 2.05) is 0 Å². The molecule has 1 saturated heterocycles. The average Bonchev–Trinajstić information content (AvgIpc) is 2.68. The number of nitrogens with zero attached hydrogens (tertiary/aromatic N) is 1. The summed E-state index contributed by atoms with van der Waals surface area (Å²) < 4.78 is 0. The van der Waals surface area contributed by atoms with Crippen LogP contribution in [-0.4, -0.2) is 29.9 Å². The molecule has 0 radical (unpaired) electrons. The molecule has 150 valence electrons. The molecule has 0 aliphatic carbocycles. The predicted octanol–water partition coefficient (Wildman–Crippen LogP) is 4.83. The van der Waals surface area contributed by atoms with Crippen LogP contribution in [0.5, 0.6) is 0 Å². The Bertz CT molecular complexity index is 758. The summed E-state index contributed by atoms with van der Waals surface area (Å²) in [6.45, 7) is 9.66. The van der Waals surface area contributed by atoms with Crippen molar-refractivity contribution >= 4 is 5.91 Å². The van der Waals surface area contributed by atoms with Gasteiger partial charge in [-0.25, -0.2) is 0 Å². The van der Waals surface area contributed by atoms with E-state index in [2.05, 4.69) is 79.5 Å². The summed E-state index contributed by atoms with van der Waals surface area (Å²) in [6, 6.07) is 17.8. The second-order valence-electron chi connectivity index (χ2n) is 8.50. The van der Waals surface area contributed by atoms with Crippen LogP contribution in [0.1, 0.15) is 61.3 Å². The summed E-state index contributed by atoms with van der Waals surface area (Å²) in [4.78, 5) is 14.8. The third-order valence-corrected chi connectivity index (χ3v) is 5.73. The van der Waals surface area contributed by atoms with Gasteiger partial charge in [-0.3, -0.25) is 9.69 Å². The highest BCUT2D eigenvalue weighted by atomic mass is 16.1. The second kappa shape index (κ2) is 9.88. The number of nitrogens with one attached hydrogen (secondary N) is 1. The van der Waals surface area contributed by atoms with E-state index in [1.54, 1.807) is 0 Å². The van der Waals surface area contributed by atoms with Crippen LogP contribution >= 0.6 is 0 Å². The quantitative estimate of drug-likeness (QED) is 0.748. The van der Waals surface area contributed by atoms with E-state index in [-0.39, 0.29) is 5.91 Å². The molecular weight excluding hydrogens is 344 g/mol. The smallest absolute Gasteiger partial charge is 0.220 e. The van der Waals surface area contributed by atoms with Crippen LogP contribution in [0.2, 0.25) is 0 Å². The molecule has 2 aromatic carbocycles. The standard InChI is InChI=1S/C25H34N2O/c1-19(2)23-10-7-21(8-11-23)9-12-25(28)26-24-13-15-27(16-14-24)18-22-6-4-5-20(3)17-22/h4-8,10-11,17,19,24H,9,12-16,18H2,1-3H3,(H,26,28). The van der Waals surface area contributed by atoms with Gasteiger partial charge in [0, 0.05) is 32.1 Å². The zero-order valence-electron chi connectivity index (χ0n) is 17.6. The van der Waals surface area contributed by atoms with E-state index in [4.69, 9.17) is 0 Å². The first-order valence-electron chi connectivity index (χ1n) is 10.7. The first-order valence-corrected chi connectivity index (χ1v) is 10.7. The molecule has 0 bridgehead atoms. The van der Waals surface area contributed by atoms with Crippen molar-refractivity contribution in [3.63, 3.8) is 0 Å². The molecule has 2 aromatic rings. The topological polar surface area (TPSA) is 32.3 Å². The molecule has 3 nitrogen and oxygen atoms in total. The Morgan fingerprint density at radius 3 is 2.43 bits per heavy atom. The van der Waals surface area contributed by atoms with E-state index in [0.717, 1.165) is 38.9 Å². The van der Waals surface area contributed by atoms with E-state index >= 15 is 0 Å². The molecule has 1 aliphatic rings. The minimum Gasteiger partial charge on any atom is -0.353 e. The number of hydrogen-bond acceptors (Lipinski definition) is 2. The van der Waals surface area contributed by atoms with Crippen molar-refractivity contribution < 1.29 is 4.79 Å². The number of rotatable bonds is 7. The number of carbonyl (C=O) groups excluding carboxylic acids is 1. The van der Waals surface area contributed by atoms with Crippen LogP contribution in [0.3, 0.4) is 0 Å². The normalized spacial score (nSPS) is 15.7. The number of carbonyl (C=O) groups is 1. The van der Waals surface area contributed by atoms with Crippen LogP contribution < -0.4 is 5.32 Å². The Hall–Kier alpha value is -2.13. The van der Waals surface area contributed by atoms with Gasteiger partial charge in [-0.1, -0.05) is 67.9 Å². The van der Waals surface area contributed by atoms with E-state index in [1.165, 1.54) is 22.3 Å². The summed E-state index contributed by atoms with van der Waals surface area (Å²) in [5.41, 5.74) is 5.29. The minimum absolute atomic E-state index is 0.185. The van der Waals surface area contributed by atoms with Gasteiger partial charge in [-0.2, -0.15) is 0 Å². The van der Waals surface area contributed by atoms with Crippen molar-refractivity contribution in [2.24, 2.45) is 0 Å². The maximum Gasteiger partial charge on any atom is 0.220 e. The third kappa shape index (κ3) is 6.20. The van der Waals surface area contributed by atoms with Gasteiger partial charge in [0.2, 0.25) is 5.91 Å². The molecule has 0 unspecified atom stereocenters. The molecule has 0 spiro atoms. The van der Waals surface area contributed by atoms with Gasteiger partial charge in [0.25, 0.3) is 0 Å². The van der Waals surface area contributed by atoms with Crippen molar-refractivity contribution in [2.75, 3.05) is 13.1 Å². The van der Waals surface area contributed by atoms with Gasteiger partial charge >= 0.3 is 0 Å². The van der Waals surface area contributed by atoms with Crippen molar-refractivity contribution in [1.82, 2.24) is 10.2 Å². The maximum absolute atomic E-state index is 12.3. The zero-order chi connectivity index (χ0) is 19.9. The molecule has 1 fully saturated rings. The molecule has 1 heterocycles. The van der Waals surface area contributed by atoms with Gasteiger partial charge in [0.15, 0.2) is 0 Å². The summed E-state index contributed by atoms with van der Waals surface area (Å²) >= 11 is 0. The average molecular weight is 379 g/mol. The Balaban J connectivity index is 1.37. The molecule has 1 N–H and O–H groups in total. The number of benzene rings is 2. The largest absolute Gasteiger partial charge is 0.353 e. The number of piperidine rings is 1. The lowest BCUT2D eigenvalue weighted by Crippen LogP contribution is -2.44. The lowest BCUT2D eigenvalue weighted by molar-refractivity contribution is -0.122. The van der Waals surface area contributed by atoms with Gasteiger partial charge in [-0.05, 0) is 48.8 Å². The van der Waals surface area contributed by atoms with Gasteiger partial charge in [0.1, 0.15) is 0 Å². The molecule has 3 heteroatoms. The highest BCUT2D eigenvalue weighted by molar-refractivity contribution is 5.76.